The number of allylic oxidation sites excluding steroid dienone is 1. The van der Waals surface area contributed by atoms with Gasteiger partial charge in [0.15, 0.2) is 0 Å². The fourth-order valence-electron chi connectivity index (χ4n) is 4.29. The molecular formula is C30H34N4O2S4. The highest BCUT2D eigenvalue weighted by molar-refractivity contribution is 8.25. The van der Waals surface area contributed by atoms with Crippen LogP contribution in [0.1, 0.15) is 79.1 Å². The zero-order chi connectivity index (χ0) is 29.1. The van der Waals surface area contributed by atoms with Crippen LogP contribution in [-0.4, -0.2) is 13.2 Å². The number of nitrogens with zero attached hydrogens (tertiary/aromatic N) is 4. The molecule has 2 atom stereocenters. The van der Waals surface area contributed by atoms with Crippen molar-refractivity contribution in [1.29, 1.82) is 10.5 Å². The number of rotatable bonds is 14. The van der Waals surface area contributed by atoms with E-state index in [2.05, 4.69) is 37.4 Å². The van der Waals surface area contributed by atoms with E-state index in [1.807, 2.05) is 12.1 Å². The van der Waals surface area contributed by atoms with Gasteiger partial charge in [0.25, 0.3) is 0 Å². The van der Waals surface area contributed by atoms with E-state index in [1.165, 1.54) is 47.0 Å². The average molecular weight is 611 g/mol. The molecule has 0 saturated carbocycles. The van der Waals surface area contributed by atoms with Gasteiger partial charge in [-0.15, -0.1) is 0 Å². The summed E-state index contributed by atoms with van der Waals surface area (Å²) in [5, 5.41) is 19.2. The first-order valence-corrected chi connectivity index (χ1v) is 17.0. The maximum absolute atomic E-state index is 9.61. The summed E-state index contributed by atoms with van der Waals surface area (Å²) >= 11 is 5.56. The Morgan fingerprint density at radius 1 is 0.725 bits per heavy atom. The van der Waals surface area contributed by atoms with Crippen LogP contribution in [0, 0.1) is 47.6 Å². The SMILES string of the molecule is [C-]#[N+]C([N+]#[C-])=C1Sc2c(OCC(CC)CCCC)c3c(c(OCC(CC)CCCC)c2S1)SC(=C(C#N)C#N)S3. The summed E-state index contributed by atoms with van der Waals surface area (Å²) in [6.07, 6.45) is 8.73. The topological polar surface area (TPSA) is 74.8 Å². The summed E-state index contributed by atoms with van der Waals surface area (Å²) in [6.45, 7) is 24.9. The van der Waals surface area contributed by atoms with E-state index in [1.54, 1.807) is 0 Å². The Balaban J connectivity index is 2.15. The minimum atomic E-state index is 0.0455. The minimum absolute atomic E-state index is 0.0455. The lowest BCUT2D eigenvalue weighted by Gasteiger charge is -2.22. The van der Waals surface area contributed by atoms with E-state index in [4.69, 9.17) is 22.6 Å². The van der Waals surface area contributed by atoms with Gasteiger partial charge in [0.05, 0.1) is 37.0 Å². The summed E-state index contributed by atoms with van der Waals surface area (Å²) in [6, 6.07) is 4.08. The quantitative estimate of drug-likeness (QED) is 0.152. The molecule has 1 aromatic carbocycles. The number of hydrogen-bond donors (Lipinski definition) is 0. The van der Waals surface area contributed by atoms with Crippen LogP contribution in [0.3, 0.4) is 0 Å². The third kappa shape index (κ3) is 7.48. The molecule has 2 heterocycles. The van der Waals surface area contributed by atoms with Crippen LogP contribution in [0.2, 0.25) is 0 Å². The third-order valence-electron chi connectivity index (χ3n) is 6.85. The minimum Gasteiger partial charge on any atom is -0.491 e. The molecule has 3 rings (SSSR count). The average Bonchev–Trinajstić information content (AvgIpc) is 3.60. The van der Waals surface area contributed by atoms with Crippen molar-refractivity contribution in [2.75, 3.05) is 13.2 Å². The molecule has 0 fully saturated rings. The van der Waals surface area contributed by atoms with Crippen molar-refractivity contribution in [1.82, 2.24) is 0 Å². The van der Waals surface area contributed by atoms with Gasteiger partial charge >= 0.3 is 5.82 Å². The molecule has 0 bridgehead atoms. The molecule has 2 aliphatic heterocycles. The summed E-state index contributed by atoms with van der Waals surface area (Å²) in [4.78, 5) is 10.4. The van der Waals surface area contributed by atoms with Gasteiger partial charge in [-0.25, -0.2) is 0 Å². The zero-order valence-corrected chi connectivity index (χ0v) is 26.7. The summed E-state index contributed by atoms with van der Waals surface area (Å²) in [5.41, 5.74) is 0.0798. The van der Waals surface area contributed by atoms with Gasteiger partial charge < -0.3 is 9.47 Å². The smallest absolute Gasteiger partial charge is 0.491 e. The molecule has 0 radical (unpaired) electrons. The normalized spacial score (nSPS) is 14.7. The van der Waals surface area contributed by atoms with Crippen molar-refractivity contribution >= 4 is 47.0 Å². The number of hydrogen-bond acceptors (Lipinski definition) is 8. The third-order valence-corrected chi connectivity index (χ3v) is 12.0. The highest BCUT2D eigenvalue weighted by atomic mass is 32.2. The molecule has 6 nitrogen and oxygen atoms in total. The van der Waals surface area contributed by atoms with Gasteiger partial charge in [0.2, 0.25) is 0 Å². The first-order chi connectivity index (χ1) is 19.5. The van der Waals surface area contributed by atoms with Crippen molar-refractivity contribution < 1.29 is 9.47 Å². The molecule has 210 valence electrons. The number of thioether (sulfide) groups is 4. The molecule has 0 N–H and O–H groups in total. The Morgan fingerprint density at radius 3 is 1.45 bits per heavy atom. The summed E-state index contributed by atoms with van der Waals surface area (Å²) in [7, 11) is 0. The van der Waals surface area contributed by atoms with Crippen molar-refractivity contribution in [3.63, 3.8) is 0 Å². The molecule has 1 aromatic rings. The maximum atomic E-state index is 9.61. The van der Waals surface area contributed by atoms with Gasteiger partial charge in [0, 0.05) is 0 Å². The number of ether oxygens (including phenoxy) is 2. The fourth-order valence-corrected chi connectivity index (χ4v) is 9.50. The van der Waals surface area contributed by atoms with Crippen LogP contribution < -0.4 is 9.47 Å². The molecular weight excluding hydrogens is 577 g/mol. The van der Waals surface area contributed by atoms with Crippen molar-refractivity contribution in [2.24, 2.45) is 11.8 Å². The Morgan fingerprint density at radius 2 is 1.12 bits per heavy atom. The van der Waals surface area contributed by atoms with Crippen LogP contribution in [0.5, 0.6) is 11.5 Å². The van der Waals surface area contributed by atoms with Gasteiger partial charge in [-0.3, -0.25) is 0 Å². The Hall–Kier alpha value is -2.34. The van der Waals surface area contributed by atoms with Crippen LogP contribution in [-0.2, 0) is 0 Å². The second kappa shape index (κ2) is 16.2. The number of benzene rings is 1. The van der Waals surface area contributed by atoms with E-state index >= 15 is 0 Å². The summed E-state index contributed by atoms with van der Waals surface area (Å²) in [5.74, 6) is 2.27. The fraction of sp³-hybridized carbons (Fsp3) is 0.533. The van der Waals surface area contributed by atoms with Crippen LogP contribution in [0.15, 0.2) is 39.5 Å². The van der Waals surface area contributed by atoms with E-state index in [9.17, 15) is 10.5 Å². The molecule has 0 amide bonds. The van der Waals surface area contributed by atoms with E-state index in [0.29, 0.717) is 45.0 Å². The molecule has 0 aliphatic carbocycles. The van der Waals surface area contributed by atoms with E-state index in [-0.39, 0.29) is 11.4 Å². The number of unbranched alkanes of at least 4 members (excludes halogenated alkanes) is 2. The predicted octanol–water partition coefficient (Wildman–Crippen LogP) is 10.5. The van der Waals surface area contributed by atoms with Crippen LogP contribution in [0.4, 0.5) is 0 Å². The Bertz CT molecular complexity index is 1150. The zero-order valence-electron chi connectivity index (χ0n) is 23.5. The standard InChI is InChI=1S/C30H34N4O2S4/c1-7-11-13-19(9-3)17-35-22-24-25(38-29(37-24)21(15-31)16-32)23(36-18-20(10-4)14-12-8-2)27-26(22)39-30(40-27)28(33-5)34-6/h19-20H,7-14,17-18H2,1-4H3. The van der Waals surface area contributed by atoms with Crippen molar-refractivity contribution in [2.45, 2.75) is 98.6 Å². The highest BCUT2D eigenvalue weighted by Crippen LogP contribution is 2.68. The predicted molar refractivity (Wildman–Crippen MR) is 166 cm³/mol. The maximum Gasteiger partial charge on any atom is 0.540 e. The van der Waals surface area contributed by atoms with Crippen LogP contribution >= 0.6 is 47.0 Å². The Kier molecular flexibility index (Phi) is 13.0. The lowest BCUT2D eigenvalue weighted by molar-refractivity contribution is 0.210. The number of fused-ring (bicyclic) bond motifs is 2. The largest absolute Gasteiger partial charge is 0.540 e. The second-order valence-corrected chi connectivity index (χ2v) is 14.2. The first kappa shape index (κ1) is 32.2. The lowest BCUT2D eigenvalue weighted by atomic mass is 10.0. The molecule has 2 unspecified atom stereocenters. The van der Waals surface area contributed by atoms with Crippen molar-refractivity contribution in [3.8, 4) is 23.6 Å². The van der Waals surface area contributed by atoms with Gasteiger partial charge in [-0.05, 0) is 24.7 Å². The second-order valence-electron chi connectivity index (χ2n) is 9.56. The van der Waals surface area contributed by atoms with Gasteiger partial charge in [-0.2, -0.15) is 20.2 Å². The molecule has 10 heteroatoms. The molecule has 40 heavy (non-hydrogen) atoms. The van der Waals surface area contributed by atoms with Gasteiger partial charge in [-0.1, -0.05) is 113 Å². The monoisotopic (exact) mass is 610 g/mol. The molecule has 0 saturated heterocycles. The molecule has 0 aromatic heterocycles. The molecule has 2 aliphatic rings. The van der Waals surface area contributed by atoms with E-state index < -0.39 is 0 Å². The summed E-state index contributed by atoms with van der Waals surface area (Å²) < 4.78 is 14.5. The van der Waals surface area contributed by atoms with E-state index in [0.717, 1.165) is 70.9 Å². The highest BCUT2D eigenvalue weighted by Gasteiger charge is 2.40. The van der Waals surface area contributed by atoms with Gasteiger partial charge in [0.1, 0.15) is 46.6 Å². The number of nitriles is 2. The lowest BCUT2D eigenvalue weighted by Crippen LogP contribution is -2.14. The molecule has 0 spiro atoms. The van der Waals surface area contributed by atoms with Crippen molar-refractivity contribution in [3.05, 3.63) is 42.7 Å². The van der Waals surface area contributed by atoms with Crippen LogP contribution in [0.25, 0.3) is 9.69 Å². The first-order valence-electron chi connectivity index (χ1n) is 13.7. The Labute approximate surface area is 256 Å².